The second-order valence-electron chi connectivity index (χ2n) is 8.39. The van der Waals surface area contributed by atoms with Gasteiger partial charge in [0, 0.05) is 50.4 Å². The van der Waals surface area contributed by atoms with E-state index in [4.69, 9.17) is 0 Å². The minimum Gasteiger partial charge on any atom is -0.344 e. The summed E-state index contributed by atoms with van der Waals surface area (Å²) in [5.41, 5.74) is 3.17. The summed E-state index contributed by atoms with van der Waals surface area (Å²) in [6, 6.07) is 30.8. The third-order valence-corrected chi connectivity index (χ3v) is 10.0. The SMILES string of the molecule is O=C1CCN(C(c2ccccc2)[P]2(O)N(c3ccccc3)CCN2c2ccccc2)CC1. The van der Waals surface area contributed by atoms with Crippen LogP contribution in [0.5, 0.6) is 0 Å². The number of para-hydroxylation sites is 2. The van der Waals surface area contributed by atoms with E-state index < -0.39 is 7.79 Å². The first-order valence-electron chi connectivity index (χ1n) is 11.3. The molecule has 2 saturated heterocycles. The Balaban J connectivity index is 1.66. The van der Waals surface area contributed by atoms with Crippen LogP contribution in [0.3, 0.4) is 0 Å². The Bertz CT molecular complexity index is 991. The lowest BCUT2D eigenvalue weighted by atomic mass is 10.1. The molecule has 0 aliphatic carbocycles. The zero-order chi connectivity index (χ0) is 22.0. The number of carbonyl (C=O) groups excluding carboxylic acids is 1. The van der Waals surface area contributed by atoms with E-state index >= 15 is 0 Å². The Kier molecular flexibility index (Phi) is 5.97. The molecule has 2 fully saturated rings. The number of ketones is 1. The number of hydrogen-bond donors (Lipinski definition) is 1. The minimum atomic E-state index is -2.92. The lowest BCUT2D eigenvalue weighted by molar-refractivity contribution is -0.121. The van der Waals surface area contributed by atoms with E-state index in [0.29, 0.717) is 31.7 Å². The van der Waals surface area contributed by atoms with Crippen molar-refractivity contribution in [2.24, 2.45) is 0 Å². The van der Waals surface area contributed by atoms with Crippen molar-refractivity contribution in [3.63, 3.8) is 0 Å². The van der Waals surface area contributed by atoms with Crippen LogP contribution >= 0.6 is 7.79 Å². The largest absolute Gasteiger partial charge is 0.344 e. The van der Waals surface area contributed by atoms with E-state index in [2.05, 4.69) is 50.6 Å². The third-order valence-electron chi connectivity index (χ3n) is 6.47. The fourth-order valence-electron chi connectivity index (χ4n) is 4.95. The summed E-state index contributed by atoms with van der Waals surface area (Å²) in [4.78, 5) is 27.3. The number of anilines is 2. The molecule has 0 aromatic heterocycles. The molecule has 0 saturated carbocycles. The Labute approximate surface area is 190 Å². The van der Waals surface area contributed by atoms with E-state index in [9.17, 15) is 9.69 Å². The van der Waals surface area contributed by atoms with Gasteiger partial charge in [-0.15, -0.1) is 0 Å². The normalized spacial score (nSPS) is 19.8. The number of benzene rings is 3. The number of nitrogens with zero attached hydrogens (tertiary/aromatic N) is 3. The third kappa shape index (κ3) is 3.81. The van der Waals surface area contributed by atoms with Crippen molar-refractivity contribution in [2.45, 2.75) is 18.6 Å². The van der Waals surface area contributed by atoms with Crippen LogP contribution in [0.25, 0.3) is 0 Å². The molecule has 5 nitrogen and oxygen atoms in total. The monoisotopic (exact) mass is 446 g/mol. The highest BCUT2D eigenvalue weighted by Crippen LogP contribution is 2.75. The van der Waals surface area contributed by atoms with Crippen LogP contribution in [-0.4, -0.2) is 41.8 Å². The molecular weight excluding hydrogens is 417 g/mol. The van der Waals surface area contributed by atoms with Gasteiger partial charge in [-0.2, -0.15) is 0 Å². The predicted octanol–water partition coefficient (Wildman–Crippen LogP) is 5.13. The van der Waals surface area contributed by atoms with Crippen molar-refractivity contribution < 1.29 is 9.69 Å². The number of Topliss-reactive ketones (excluding diaryl/α,β-unsaturated/α-hetero) is 1. The number of rotatable bonds is 5. The summed E-state index contributed by atoms with van der Waals surface area (Å²) in [7, 11) is -2.92. The van der Waals surface area contributed by atoms with Crippen molar-refractivity contribution in [3.8, 4) is 0 Å². The Hall–Kier alpha value is -2.72. The van der Waals surface area contributed by atoms with Crippen molar-refractivity contribution in [1.29, 1.82) is 0 Å². The van der Waals surface area contributed by atoms with Gasteiger partial charge in [-0.3, -0.25) is 9.69 Å². The van der Waals surface area contributed by atoms with Crippen molar-refractivity contribution in [1.82, 2.24) is 4.90 Å². The summed E-state index contributed by atoms with van der Waals surface area (Å²) in [5, 5.41) is 0. The molecule has 1 radical (unpaired) electrons. The number of hydrogen-bond acceptors (Lipinski definition) is 5. The fourth-order valence-corrected chi connectivity index (χ4v) is 8.69. The molecule has 0 bridgehead atoms. The Morgan fingerprint density at radius 2 is 1.09 bits per heavy atom. The van der Waals surface area contributed by atoms with Crippen molar-refractivity contribution in [2.75, 3.05) is 35.5 Å². The van der Waals surface area contributed by atoms with Gasteiger partial charge in [-0.05, 0) is 29.8 Å². The van der Waals surface area contributed by atoms with Gasteiger partial charge in [0.25, 0.3) is 0 Å². The molecule has 3 aromatic rings. The summed E-state index contributed by atoms with van der Waals surface area (Å²) in [6.45, 7) is 2.84. The van der Waals surface area contributed by atoms with E-state index in [1.54, 1.807) is 0 Å². The summed E-state index contributed by atoms with van der Waals surface area (Å²) in [6.07, 6.45) is 1.08. The van der Waals surface area contributed by atoms with Gasteiger partial charge in [-0.1, -0.05) is 66.7 Å². The smallest absolute Gasteiger partial charge is 0.183 e. The Morgan fingerprint density at radius 1 is 0.656 bits per heavy atom. The van der Waals surface area contributed by atoms with Gasteiger partial charge in [0.15, 0.2) is 7.79 Å². The summed E-state index contributed by atoms with van der Waals surface area (Å²) >= 11 is 0. The maximum Gasteiger partial charge on any atom is 0.183 e. The van der Waals surface area contributed by atoms with Gasteiger partial charge in [-0.25, -0.2) is 0 Å². The highest BCUT2D eigenvalue weighted by molar-refractivity contribution is 7.74. The Morgan fingerprint density at radius 3 is 1.56 bits per heavy atom. The molecule has 5 rings (SSSR count). The topological polar surface area (TPSA) is 47.0 Å². The highest BCUT2D eigenvalue weighted by atomic mass is 31.2. The highest BCUT2D eigenvalue weighted by Gasteiger charge is 2.53. The predicted molar refractivity (Wildman–Crippen MR) is 132 cm³/mol. The standard InChI is InChI=1S/C26H29N3O2P/c30-25-16-18-27(19-17-25)26(22-10-4-1-5-11-22)32(31)28(23-12-6-2-7-13-23)20-21-29(32)24-14-8-3-9-15-24/h1-15,26,31H,16-21H2. The molecule has 2 heterocycles. The first kappa shape index (κ1) is 21.1. The lowest BCUT2D eigenvalue weighted by Crippen LogP contribution is -2.42. The second-order valence-corrected chi connectivity index (χ2v) is 11.1. The van der Waals surface area contributed by atoms with Crippen LogP contribution in [0.2, 0.25) is 0 Å². The van der Waals surface area contributed by atoms with Crippen LogP contribution in [0, 0.1) is 0 Å². The minimum absolute atomic E-state index is 0.209. The summed E-state index contributed by atoms with van der Waals surface area (Å²) in [5.74, 6) is 0.101. The molecule has 0 spiro atoms. The van der Waals surface area contributed by atoms with Crippen LogP contribution in [0.4, 0.5) is 11.4 Å². The molecular formula is C26H29N3O2P. The average molecular weight is 447 g/mol. The molecule has 1 N–H and O–H groups in total. The maximum atomic E-state index is 12.9. The zero-order valence-corrected chi connectivity index (χ0v) is 19.0. The van der Waals surface area contributed by atoms with Gasteiger partial charge in [0.05, 0.1) is 0 Å². The fraction of sp³-hybridized carbons (Fsp3) is 0.269. The number of piperidine rings is 1. The maximum absolute atomic E-state index is 12.9. The van der Waals surface area contributed by atoms with Crippen molar-refractivity contribution >= 4 is 24.9 Å². The van der Waals surface area contributed by atoms with Crippen LogP contribution < -0.4 is 9.34 Å². The quantitative estimate of drug-likeness (QED) is 0.551. The second kappa shape index (κ2) is 9.03. The van der Waals surface area contributed by atoms with Crippen molar-refractivity contribution in [3.05, 3.63) is 96.6 Å². The van der Waals surface area contributed by atoms with Gasteiger partial charge < -0.3 is 14.2 Å². The zero-order valence-electron chi connectivity index (χ0n) is 18.1. The van der Waals surface area contributed by atoms with E-state index in [0.717, 1.165) is 30.0 Å². The molecule has 2 aliphatic heterocycles. The molecule has 32 heavy (non-hydrogen) atoms. The number of carbonyl (C=O) groups is 1. The summed E-state index contributed by atoms with van der Waals surface area (Å²) < 4.78 is 4.46. The number of likely N-dealkylation sites (tertiary alicyclic amines) is 1. The average Bonchev–Trinajstić information content (AvgIpc) is 3.19. The van der Waals surface area contributed by atoms with Crippen LogP contribution in [0.1, 0.15) is 24.2 Å². The van der Waals surface area contributed by atoms with E-state index in [1.165, 1.54) is 0 Å². The molecule has 165 valence electrons. The molecule has 3 aromatic carbocycles. The van der Waals surface area contributed by atoms with Crippen LogP contribution in [-0.2, 0) is 4.79 Å². The molecule has 6 heteroatoms. The van der Waals surface area contributed by atoms with Gasteiger partial charge >= 0.3 is 0 Å². The van der Waals surface area contributed by atoms with Crippen LogP contribution in [0.15, 0.2) is 91.0 Å². The van der Waals surface area contributed by atoms with E-state index in [1.807, 2.05) is 54.6 Å². The molecule has 0 amide bonds. The molecule has 1 atom stereocenters. The first-order chi connectivity index (χ1) is 15.7. The lowest BCUT2D eigenvalue weighted by Gasteiger charge is -2.51. The van der Waals surface area contributed by atoms with Gasteiger partial charge in [0.2, 0.25) is 0 Å². The first-order valence-corrected chi connectivity index (χ1v) is 13.0. The van der Waals surface area contributed by atoms with Gasteiger partial charge in [0.1, 0.15) is 11.6 Å². The molecule has 1 unspecified atom stereocenters. The molecule has 2 aliphatic rings. The van der Waals surface area contributed by atoms with E-state index in [-0.39, 0.29) is 5.78 Å².